The van der Waals surface area contributed by atoms with Gasteiger partial charge in [-0.2, -0.15) is 5.10 Å². The van der Waals surface area contributed by atoms with Gasteiger partial charge in [0.1, 0.15) is 0 Å². The molecule has 1 aromatic heterocycles. The molecule has 0 fully saturated rings. The summed E-state index contributed by atoms with van der Waals surface area (Å²) < 4.78 is 1.70. The van der Waals surface area contributed by atoms with E-state index in [1.165, 1.54) is 0 Å². The largest absolute Gasteiger partial charge is 0.351 e. The maximum atomic E-state index is 13.2. The van der Waals surface area contributed by atoms with Crippen LogP contribution in [0.25, 0.3) is 16.9 Å². The molecule has 37 heavy (non-hydrogen) atoms. The number of carbonyl (C=O) groups is 1. The third-order valence-electron chi connectivity index (χ3n) is 6.87. The Kier molecular flexibility index (Phi) is 10.7. The van der Waals surface area contributed by atoms with Crippen molar-refractivity contribution in [2.24, 2.45) is 0 Å². The number of carbonyl (C=O) groups excluding carboxylic acids is 1. The molecule has 0 spiro atoms. The fourth-order valence-corrected chi connectivity index (χ4v) is 5.13. The van der Waals surface area contributed by atoms with Crippen molar-refractivity contribution in [1.82, 2.24) is 20.4 Å². The van der Waals surface area contributed by atoms with Gasteiger partial charge in [0.25, 0.3) is 5.91 Å². The molecule has 0 atom stereocenters. The van der Waals surface area contributed by atoms with E-state index in [-0.39, 0.29) is 11.4 Å². The molecule has 0 saturated carbocycles. The molecule has 1 amide bonds. The lowest BCUT2D eigenvalue weighted by Gasteiger charge is -2.32. The summed E-state index contributed by atoms with van der Waals surface area (Å²) in [7, 11) is 0. The second kappa shape index (κ2) is 13.5. The number of nitrogens with zero attached hydrogens (tertiary/aromatic N) is 2. The average molecular weight is 562 g/mol. The first kappa shape index (κ1) is 29.2. The summed E-state index contributed by atoms with van der Waals surface area (Å²) in [6.07, 6.45) is 6.87. The van der Waals surface area contributed by atoms with E-state index in [0.29, 0.717) is 33.0 Å². The lowest BCUT2D eigenvalue weighted by molar-refractivity contribution is 0.0947. The number of aromatic nitrogens is 2. The van der Waals surface area contributed by atoms with E-state index in [4.69, 9.17) is 34.8 Å². The first-order chi connectivity index (χ1) is 17.7. The highest BCUT2D eigenvalue weighted by molar-refractivity contribution is 6.35. The number of hydrogen-bond donors (Lipinski definition) is 2. The number of nitrogens with one attached hydrogen (secondary N) is 2. The molecule has 0 aliphatic heterocycles. The summed E-state index contributed by atoms with van der Waals surface area (Å²) in [5.74, 6) is -0.215. The number of unbranched alkanes of at least 4 members (excludes halogenated alkanes) is 1. The van der Waals surface area contributed by atoms with Crippen molar-refractivity contribution in [3.8, 4) is 16.9 Å². The third-order valence-corrected chi connectivity index (χ3v) is 7.66. The summed E-state index contributed by atoms with van der Waals surface area (Å²) in [5, 5.41) is 13.0. The van der Waals surface area contributed by atoms with Crippen LogP contribution in [0.3, 0.4) is 0 Å². The molecule has 0 radical (unpaired) electrons. The molecule has 0 bridgehead atoms. The monoisotopic (exact) mass is 560 g/mol. The zero-order valence-corrected chi connectivity index (χ0v) is 24.0. The van der Waals surface area contributed by atoms with Gasteiger partial charge in [-0.25, -0.2) is 4.68 Å². The van der Waals surface area contributed by atoms with Gasteiger partial charge in [0, 0.05) is 33.3 Å². The zero-order chi connectivity index (χ0) is 27.0. The van der Waals surface area contributed by atoms with Crippen molar-refractivity contribution in [3.63, 3.8) is 0 Å². The van der Waals surface area contributed by atoms with Gasteiger partial charge in [-0.05, 0) is 75.9 Å². The van der Waals surface area contributed by atoms with Gasteiger partial charge in [-0.15, -0.1) is 6.58 Å². The Morgan fingerprint density at radius 1 is 1.03 bits per heavy atom. The van der Waals surface area contributed by atoms with E-state index >= 15 is 0 Å². The van der Waals surface area contributed by atoms with Crippen LogP contribution in [-0.2, 0) is 0 Å². The smallest absolute Gasteiger partial charge is 0.272 e. The van der Waals surface area contributed by atoms with E-state index in [2.05, 4.69) is 36.2 Å². The molecule has 2 N–H and O–H groups in total. The zero-order valence-electron chi connectivity index (χ0n) is 21.7. The molecule has 0 aliphatic rings. The van der Waals surface area contributed by atoms with Crippen LogP contribution in [0.2, 0.25) is 15.1 Å². The number of hydrogen-bond acceptors (Lipinski definition) is 3. The minimum Gasteiger partial charge on any atom is -0.351 e. The summed E-state index contributed by atoms with van der Waals surface area (Å²) in [6, 6.07) is 12.6. The fraction of sp³-hybridized carbons (Fsp3) is 0.379. The molecule has 8 heteroatoms. The average Bonchev–Trinajstić information content (AvgIpc) is 3.22. The van der Waals surface area contributed by atoms with Crippen LogP contribution in [0.1, 0.15) is 62.0 Å². The van der Waals surface area contributed by atoms with Crippen LogP contribution >= 0.6 is 34.8 Å². The minimum absolute atomic E-state index is 0.107. The second-order valence-corrected chi connectivity index (χ2v) is 10.5. The van der Waals surface area contributed by atoms with Crippen molar-refractivity contribution in [1.29, 1.82) is 0 Å². The minimum atomic E-state index is -0.215. The summed E-state index contributed by atoms with van der Waals surface area (Å²) in [6.45, 7) is 11.7. The van der Waals surface area contributed by atoms with Gasteiger partial charge < -0.3 is 10.6 Å². The van der Waals surface area contributed by atoms with Crippen LogP contribution in [-0.4, -0.2) is 34.3 Å². The Morgan fingerprint density at radius 3 is 2.30 bits per heavy atom. The van der Waals surface area contributed by atoms with E-state index in [9.17, 15) is 4.79 Å². The Bertz CT molecular complexity index is 1220. The van der Waals surface area contributed by atoms with Crippen molar-refractivity contribution in [2.45, 2.75) is 58.4 Å². The fourth-order valence-electron chi connectivity index (χ4n) is 4.51. The van der Waals surface area contributed by atoms with E-state index in [1.54, 1.807) is 22.9 Å². The van der Waals surface area contributed by atoms with E-state index < -0.39 is 0 Å². The molecular formula is C29H35Cl3N4O. The van der Waals surface area contributed by atoms with Crippen LogP contribution in [0.15, 0.2) is 55.1 Å². The topological polar surface area (TPSA) is 58.9 Å². The van der Waals surface area contributed by atoms with Gasteiger partial charge >= 0.3 is 0 Å². The molecule has 198 valence electrons. The quantitative estimate of drug-likeness (QED) is 0.164. The van der Waals surface area contributed by atoms with E-state index in [0.717, 1.165) is 55.5 Å². The maximum absolute atomic E-state index is 13.2. The first-order valence-electron chi connectivity index (χ1n) is 12.7. The van der Waals surface area contributed by atoms with Crippen LogP contribution in [0, 0.1) is 6.92 Å². The molecule has 0 unspecified atom stereocenters. The van der Waals surface area contributed by atoms with E-state index in [1.807, 2.05) is 37.3 Å². The predicted octanol–water partition coefficient (Wildman–Crippen LogP) is 8.04. The molecule has 0 saturated heterocycles. The normalized spacial score (nSPS) is 11.5. The maximum Gasteiger partial charge on any atom is 0.272 e. The Hall–Kier alpha value is -2.31. The van der Waals surface area contributed by atoms with Crippen LogP contribution in [0.5, 0.6) is 0 Å². The highest BCUT2D eigenvalue weighted by Crippen LogP contribution is 2.33. The van der Waals surface area contributed by atoms with Crippen molar-refractivity contribution in [2.75, 3.05) is 13.1 Å². The van der Waals surface area contributed by atoms with Gasteiger partial charge in [0.05, 0.1) is 16.4 Å². The number of halogens is 3. The summed E-state index contributed by atoms with van der Waals surface area (Å²) in [5.41, 5.74) is 3.51. The number of amides is 1. The number of benzene rings is 2. The Morgan fingerprint density at radius 2 is 1.68 bits per heavy atom. The Balaban J connectivity index is 1.74. The van der Waals surface area contributed by atoms with Gasteiger partial charge in [-0.1, -0.05) is 66.9 Å². The first-order valence-corrected chi connectivity index (χ1v) is 13.8. The third kappa shape index (κ3) is 7.17. The molecule has 2 aromatic carbocycles. The molecule has 3 rings (SSSR count). The van der Waals surface area contributed by atoms with Gasteiger partial charge in [-0.3, -0.25) is 4.79 Å². The molecule has 0 aliphatic carbocycles. The summed E-state index contributed by atoms with van der Waals surface area (Å²) in [4.78, 5) is 13.2. The highest BCUT2D eigenvalue weighted by Gasteiger charge is 2.24. The van der Waals surface area contributed by atoms with Crippen molar-refractivity contribution < 1.29 is 4.79 Å². The van der Waals surface area contributed by atoms with Crippen molar-refractivity contribution >= 4 is 40.7 Å². The number of rotatable bonds is 13. The van der Waals surface area contributed by atoms with Crippen molar-refractivity contribution in [3.05, 3.63) is 81.4 Å². The molecule has 5 nitrogen and oxygen atoms in total. The predicted molar refractivity (Wildman–Crippen MR) is 156 cm³/mol. The standard InChI is InChI=1S/C29H35Cl3N4O/c1-5-16-29(6-2,7-3)34-18-9-8-17-33-28(37)26-20(4)27(21-10-12-22(30)13-11-21)36(35-26)25-15-14-23(31)19-24(25)32/h5,10-15,19,34H,1,6-9,16-18H2,2-4H3,(H,33,37). The molecule has 1 heterocycles. The van der Waals surface area contributed by atoms with Crippen LogP contribution in [0.4, 0.5) is 0 Å². The SMILES string of the molecule is C=CCC(CC)(CC)NCCCCNC(=O)c1nn(-c2ccc(Cl)cc2Cl)c(-c2ccc(Cl)cc2)c1C. The lowest BCUT2D eigenvalue weighted by Crippen LogP contribution is -2.44. The lowest BCUT2D eigenvalue weighted by atomic mass is 9.89. The van der Waals surface area contributed by atoms with Gasteiger partial charge in [0.2, 0.25) is 0 Å². The second-order valence-electron chi connectivity index (χ2n) is 9.21. The van der Waals surface area contributed by atoms with Gasteiger partial charge in [0.15, 0.2) is 5.69 Å². The Labute approximate surface area is 235 Å². The molecular weight excluding hydrogens is 527 g/mol. The highest BCUT2D eigenvalue weighted by atomic mass is 35.5. The molecule has 3 aromatic rings. The van der Waals surface area contributed by atoms with Crippen LogP contribution < -0.4 is 10.6 Å². The summed E-state index contributed by atoms with van der Waals surface area (Å²) >= 11 is 18.7.